The highest BCUT2D eigenvalue weighted by Gasteiger charge is 2.24. The number of sulfonamides is 1. The average molecular weight is 368 g/mol. The van der Waals surface area contributed by atoms with Crippen molar-refractivity contribution in [2.75, 3.05) is 4.72 Å². The third-order valence-corrected chi connectivity index (χ3v) is 5.17. The van der Waals surface area contributed by atoms with Crippen LogP contribution in [-0.2, 0) is 17.1 Å². The Labute approximate surface area is 129 Å². The Morgan fingerprint density at radius 1 is 1.29 bits per heavy atom. The van der Waals surface area contributed by atoms with E-state index in [0.29, 0.717) is 5.69 Å². The van der Waals surface area contributed by atoms with Gasteiger partial charge in [0.15, 0.2) is 4.60 Å². The lowest BCUT2D eigenvalue weighted by Gasteiger charge is -2.10. The lowest BCUT2D eigenvalue weighted by Crippen LogP contribution is -2.17. The number of hydrogen-bond acceptors (Lipinski definition) is 5. The Morgan fingerprint density at radius 3 is 2.81 bits per heavy atom. The number of anilines is 1. The predicted molar refractivity (Wildman–Crippen MR) is 81.3 cm³/mol. The van der Waals surface area contributed by atoms with Crippen LogP contribution in [0.4, 0.5) is 5.69 Å². The van der Waals surface area contributed by atoms with E-state index in [4.69, 9.17) is 0 Å². The van der Waals surface area contributed by atoms with Crippen molar-refractivity contribution in [1.82, 2.24) is 20.0 Å². The summed E-state index contributed by atoms with van der Waals surface area (Å²) in [5, 5.41) is 8.93. The van der Waals surface area contributed by atoms with E-state index in [-0.39, 0.29) is 9.63 Å². The van der Waals surface area contributed by atoms with Crippen molar-refractivity contribution in [2.45, 2.75) is 5.03 Å². The number of fused-ring (bicyclic) bond motifs is 1. The molecule has 0 radical (unpaired) electrons. The van der Waals surface area contributed by atoms with Gasteiger partial charge in [0.2, 0.25) is 5.03 Å². The summed E-state index contributed by atoms with van der Waals surface area (Å²) >= 11 is 3.09. The second kappa shape index (κ2) is 5.08. The molecule has 0 aliphatic heterocycles. The van der Waals surface area contributed by atoms with Crippen LogP contribution in [0.25, 0.3) is 10.8 Å². The second-order valence-electron chi connectivity index (χ2n) is 4.32. The minimum absolute atomic E-state index is 0.0385. The zero-order valence-electron chi connectivity index (χ0n) is 10.9. The van der Waals surface area contributed by atoms with E-state index in [9.17, 15) is 8.42 Å². The number of nitrogens with one attached hydrogen (secondary N) is 1. The Hall–Kier alpha value is -2.00. The zero-order valence-corrected chi connectivity index (χ0v) is 13.3. The summed E-state index contributed by atoms with van der Waals surface area (Å²) in [7, 11) is -2.30. The largest absolute Gasteiger partial charge is 0.281 e. The number of hydrogen-bond donors (Lipinski definition) is 1. The minimum Gasteiger partial charge on any atom is -0.278 e. The first-order valence-electron chi connectivity index (χ1n) is 5.90. The summed E-state index contributed by atoms with van der Waals surface area (Å²) in [6.07, 6.45) is 3.27. The fraction of sp³-hybridized carbons (Fsp3) is 0.0833. The number of nitrogens with zero attached hydrogens (tertiary/aromatic N) is 4. The van der Waals surface area contributed by atoms with Gasteiger partial charge in [-0.3, -0.25) is 9.71 Å². The zero-order chi connectivity index (χ0) is 15.0. The first-order chi connectivity index (χ1) is 9.99. The third-order valence-electron chi connectivity index (χ3n) is 2.92. The molecule has 7 nitrogen and oxygen atoms in total. The fourth-order valence-corrected chi connectivity index (χ4v) is 4.18. The Morgan fingerprint density at radius 2 is 2.10 bits per heavy atom. The Kier molecular flexibility index (Phi) is 3.38. The van der Waals surface area contributed by atoms with Crippen molar-refractivity contribution >= 4 is 42.4 Å². The van der Waals surface area contributed by atoms with Crippen LogP contribution in [0.3, 0.4) is 0 Å². The molecule has 108 valence electrons. The summed E-state index contributed by atoms with van der Waals surface area (Å²) in [4.78, 5) is 4.03. The lowest BCUT2D eigenvalue weighted by molar-refractivity contribution is 0.578. The van der Waals surface area contributed by atoms with E-state index in [1.54, 1.807) is 24.5 Å². The van der Waals surface area contributed by atoms with Gasteiger partial charge >= 0.3 is 0 Å². The molecule has 0 bridgehead atoms. The summed E-state index contributed by atoms with van der Waals surface area (Å²) in [5.74, 6) is 0. The highest BCUT2D eigenvalue weighted by Crippen LogP contribution is 2.26. The van der Waals surface area contributed by atoms with Crippen LogP contribution in [-0.4, -0.2) is 28.4 Å². The highest BCUT2D eigenvalue weighted by molar-refractivity contribution is 9.10. The number of pyridine rings is 1. The van der Waals surface area contributed by atoms with Crippen LogP contribution in [0, 0.1) is 0 Å². The van der Waals surface area contributed by atoms with Crippen molar-refractivity contribution in [1.29, 1.82) is 0 Å². The molecule has 1 N–H and O–H groups in total. The van der Waals surface area contributed by atoms with Crippen molar-refractivity contribution in [3.05, 3.63) is 41.3 Å². The molecular weight excluding hydrogens is 358 g/mol. The molecule has 0 amide bonds. The molecule has 0 spiro atoms. The molecule has 0 aliphatic rings. The summed E-state index contributed by atoms with van der Waals surface area (Å²) in [6.45, 7) is 0. The van der Waals surface area contributed by atoms with Crippen LogP contribution < -0.4 is 4.72 Å². The molecule has 1 aromatic carbocycles. The molecule has 0 saturated heterocycles. The third kappa shape index (κ3) is 2.49. The first-order valence-corrected chi connectivity index (χ1v) is 8.17. The number of benzene rings is 1. The Bertz CT molecular complexity index is 898. The molecule has 0 atom stereocenters. The topological polar surface area (TPSA) is 89.8 Å². The molecule has 0 aliphatic carbocycles. The maximum absolute atomic E-state index is 12.5. The van der Waals surface area contributed by atoms with Gasteiger partial charge in [-0.2, -0.15) is 8.42 Å². The molecular formula is C12H10BrN5O2S. The van der Waals surface area contributed by atoms with Gasteiger partial charge in [0, 0.05) is 24.8 Å². The smallest absolute Gasteiger partial charge is 0.278 e. The number of rotatable bonds is 3. The summed E-state index contributed by atoms with van der Waals surface area (Å²) in [5.41, 5.74) is 0.453. The van der Waals surface area contributed by atoms with Gasteiger partial charge in [-0.05, 0) is 33.4 Å². The van der Waals surface area contributed by atoms with Gasteiger partial charge in [0.1, 0.15) is 0 Å². The fourth-order valence-electron chi connectivity index (χ4n) is 2.00. The molecule has 2 heterocycles. The molecule has 3 rings (SSSR count). The molecule has 21 heavy (non-hydrogen) atoms. The molecule has 9 heteroatoms. The molecule has 2 aromatic heterocycles. The molecule has 0 saturated carbocycles. The molecule has 0 fully saturated rings. The van der Waals surface area contributed by atoms with Gasteiger partial charge < -0.3 is 0 Å². The first kappa shape index (κ1) is 14.0. The van der Waals surface area contributed by atoms with E-state index >= 15 is 0 Å². The Balaban J connectivity index is 2.10. The van der Waals surface area contributed by atoms with Crippen LogP contribution >= 0.6 is 15.9 Å². The lowest BCUT2D eigenvalue weighted by atomic mass is 10.1. The van der Waals surface area contributed by atoms with Gasteiger partial charge in [0.25, 0.3) is 10.0 Å². The van der Waals surface area contributed by atoms with Crippen LogP contribution in [0.2, 0.25) is 0 Å². The number of halogens is 1. The van der Waals surface area contributed by atoms with Gasteiger partial charge in [-0.25, -0.2) is 4.68 Å². The van der Waals surface area contributed by atoms with E-state index in [2.05, 4.69) is 35.9 Å². The highest BCUT2D eigenvalue weighted by atomic mass is 79.9. The SMILES string of the molecule is Cn1nnc(Br)c1S(=O)(=O)Nc1cccc2ccncc12. The van der Waals surface area contributed by atoms with Gasteiger partial charge in [-0.15, -0.1) is 5.10 Å². The summed E-state index contributed by atoms with van der Waals surface area (Å²) < 4.78 is 28.9. The van der Waals surface area contributed by atoms with Crippen LogP contribution in [0.5, 0.6) is 0 Å². The maximum atomic E-state index is 12.5. The summed E-state index contributed by atoms with van der Waals surface area (Å²) in [6, 6.07) is 7.15. The van der Waals surface area contributed by atoms with Crippen molar-refractivity contribution < 1.29 is 8.42 Å². The van der Waals surface area contributed by atoms with Crippen molar-refractivity contribution in [3.63, 3.8) is 0 Å². The second-order valence-corrected chi connectivity index (χ2v) is 6.67. The minimum atomic E-state index is -3.81. The van der Waals surface area contributed by atoms with E-state index in [1.165, 1.54) is 11.7 Å². The average Bonchev–Trinajstić information content (AvgIpc) is 2.79. The monoisotopic (exact) mass is 367 g/mol. The van der Waals surface area contributed by atoms with E-state index in [1.807, 2.05) is 12.1 Å². The quantitative estimate of drug-likeness (QED) is 0.763. The van der Waals surface area contributed by atoms with Crippen LogP contribution in [0.15, 0.2) is 46.3 Å². The normalized spacial score (nSPS) is 11.7. The van der Waals surface area contributed by atoms with Crippen molar-refractivity contribution in [3.8, 4) is 0 Å². The van der Waals surface area contributed by atoms with Gasteiger partial charge in [0.05, 0.1) is 5.69 Å². The van der Waals surface area contributed by atoms with Gasteiger partial charge in [-0.1, -0.05) is 17.3 Å². The van der Waals surface area contributed by atoms with Crippen LogP contribution in [0.1, 0.15) is 0 Å². The van der Waals surface area contributed by atoms with Crippen molar-refractivity contribution in [2.24, 2.45) is 7.05 Å². The van der Waals surface area contributed by atoms with E-state index in [0.717, 1.165) is 10.8 Å². The maximum Gasteiger partial charge on any atom is 0.281 e. The standard InChI is InChI=1S/C12H10BrN5O2S/c1-18-12(11(13)15-17-18)21(19,20)16-10-4-2-3-8-5-6-14-7-9(8)10/h2-7,16H,1H3. The van der Waals surface area contributed by atoms with E-state index < -0.39 is 10.0 Å². The predicted octanol–water partition coefficient (Wildman–Crippen LogP) is 1.93. The molecule has 3 aromatic rings. The number of aromatic nitrogens is 4. The molecule has 0 unspecified atom stereocenters. The number of aryl methyl sites for hydroxylation is 1.